The molecule has 1 saturated heterocycles. The van der Waals surface area contributed by atoms with Gasteiger partial charge >= 0.3 is 0 Å². The second kappa shape index (κ2) is 11.6. The molecule has 0 saturated carbocycles. The maximum atomic E-state index is 13.0. The molecule has 4 heterocycles. The van der Waals surface area contributed by atoms with Crippen molar-refractivity contribution in [3.63, 3.8) is 0 Å². The number of rotatable bonds is 8. The third kappa shape index (κ3) is 5.74. The number of nitrogens with zero attached hydrogens (tertiary/aromatic N) is 6. The van der Waals surface area contributed by atoms with Crippen LogP contribution in [0.5, 0.6) is 5.75 Å². The van der Waals surface area contributed by atoms with Gasteiger partial charge in [0.05, 0.1) is 24.9 Å². The third-order valence-electron chi connectivity index (χ3n) is 7.49. The Balaban J connectivity index is 1.14. The average Bonchev–Trinajstić information content (AvgIpc) is 3.60. The van der Waals surface area contributed by atoms with Gasteiger partial charge in [-0.3, -0.25) is 9.20 Å². The summed E-state index contributed by atoms with van der Waals surface area (Å²) in [5, 5.41) is 5.54. The first-order valence-corrected chi connectivity index (χ1v) is 14.6. The number of nitrogens with one attached hydrogen (secondary N) is 1. The molecule has 9 nitrogen and oxygen atoms in total. The monoisotopic (exact) mass is 567 g/mol. The summed E-state index contributed by atoms with van der Waals surface area (Å²) in [5.41, 5.74) is 5.69. The molecule has 41 heavy (non-hydrogen) atoms. The molecular weight excluding hydrogens is 534 g/mol. The number of amides is 1. The predicted molar refractivity (Wildman–Crippen MR) is 164 cm³/mol. The fourth-order valence-electron chi connectivity index (χ4n) is 5.22. The van der Waals surface area contributed by atoms with Crippen LogP contribution < -0.4 is 15.0 Å². The van der Waals surface area contributed by atoms with Gasteiger partial charge in [0.2, 0.25) is 11.9 Å². The van der Waals surface area contributed by atoms with E-state index in [4.69, 9.17) is 14.7 Å². The van der Waals surface area contributed by atoms with Crippen molar-refractivity contribution < 1.29 is 9.53 Å². The SMILES string of the molecule is COc1cccc(-c2nc3sccn3c2-c2ccnc(NC3CCN(C(=O)Cc4ccc(N(C)C)cc4)CC3)n2)c1. The van der Waals surface area contributed by atoms with E-state index in [1.54, 1.807) is 24.6 Å². The minimum absolute atomic E-state index is 0.171. The average molecular weight is 568 g/mol. The number of likely N-dealkylation sites (tertiary alicyclic amines) is 1. The number of imidazole rings is 1. The van der Waals surface area contributed by atoms with Crippen LogP contribution in [0.2, 0.25) is 0 Å². The molecule has 1 aliphatic rings. The van der Waals surface area contributed by atoms with E-state index in [0.717, 1.165) is 57.4 Å². The number of hydrogen-bond donors (Lipinski definition) is 1. The highest BCUT2D eigenvalue weighted by Gasteiger charge is 2.24. The van der Waals surface area contributed by atoms with Crippen molar-refractivity contribution in [3.8, 4) is 28.4 Å². The number of thiazole rings is 1. The normalized spacial score (nSPS) is 13.9. The number of anilines is 2. The number of fused-ring (bicyclic) bond motifs is 1. The standard InChI is InChI=1S/C31H33N7O2S/c1-36(2)24-9-7-21(8-10-24)19-27(39)37-15-12-23(13-16-37)33-30-32-14-11-26(34-30)29-28(35-31-38(29)17-18-41-31)22-5-4-6-25(20-22)40-3/h4-11,14,17-18,20,23H,12-13,15-16,19H2,1-3H3,(H,32,33,34). The molecule has 10 heteroatoms. The maximum absolute atomic E-state index is 13.0. The zero-order valence-electron chi connectivity index (χ0n) is 23.4. The van der Waals surface area contributed by atoms with Crippen LogP contribution in [0.3, 0.4) is 0 Å². The number of carbonyl (C=O) groups excluding carboxylic acids is 1. The van der Waals surface area contributed by atoms with Crippen LogP contribution in [-0.4, -0.2) is 70.5 Å². The number of carbonyl (C=O) groups is 1. The molecule has 1 amide bonds. The topological polar surface area (TPSA) is 87.9 Å². The molecule has 0 atom stereocenters. The van der Waals surface area contributed by atoms with Crippen molar-refractivity contribution >= 4 is 33.8 Å². The highest BCUT2D eigenvalue weighted by atomic mass is 32.1. The summed E-state index contributed by atoms with van der Waals surface area (Å²) >= 11 is 1.59. The Kier molecular flexibility index (Phi) is 7.56. The molecule has 2 aromatic carbocycles. The van der Waals surface area contributed by atoms with Gasteiger partial charge in [-0.1, -0.05) is 24.3 Å². The van der Waals surface area contributed by atoms with Crippen molar-refractivity contribution in [1.82, 2.24) is 24.3 Å². The van der Waals surface area contributed by atoms with Gasteiger partial charge in [0, 0.05) is 62.3 Å². The lowest BCUT2D eigenvalue weighted by Crippen LogP contribution is -2.43. The van der Waals surface area contributed by atoms with E-state index in [1.807, 2.05) is 73.0 Å². The molecule has 5 aromatic rings. The van der Waals surface area contributed by atoms with Gasteiger partial charge in [-0.05, 0) is 48.7 Å². The molecule has 0 radical (unpaired) electrons. The molecule has 0 unspecified atom stereocenters. The second-order valence-electron chi connectivity index (χ2n) is 10.4. The van der Waals surface area contributed by atoms with Crippen LogP contribution >= 0.6 is 11.3 Å². The predicted octanol–water partition coefficient (Wildman–Crippen LogP) is 5.24. The zero-order chi connectivity index (χ0) is 28.3. The minimum Gasteiger partial charge on any atom is -0.497 e. The highest BCUT2D eigenvalue weighted by molar-refractivity contribution is 7.15. The Bertz CT molecular complexity index is 1650. The van der Waals surface area contributed by atoms with Crippen molar-refractivity contribution in [2.75, 3.05) is 44.5 Å². The molecule has 1 N–H and O–H groups in total. The van der Waals surface area contributed by atoms with Gasteiger partial charge in [0.1, 0.15) is 11.4 Å². The van der Waals surface area contributed by atoms with E-state index >= 15 is 0 Å². The number of ether oxygens (including phenoxy) is 1. The van der Waals surface area contributed by atoms with Crippen LogP contribution in [0.1, 0.15) is 18.4 Å². The zero-order valence-corrected chi connectivity index (χ0v) is 24.3. The molecule has 3 aromatic heterocycles. The third-order valence-corrected chi connectivity index (χ3v) is 8.25. The molecule has 0 bridgehead atoms. The maximum Gasteiger partial charge on any atom is 0.226 e. The lowest BCUT2D eigenvalue weighted by molar-refractivity contribution is -0.131. The van der Waals surface area contributed by atoms with Gasteiger partial charge < -0.3 is 19.9 Å². The number of methoxy groups -OCH3 is 1. The Morgan fingerprint density at radius 3 is 2.66 bits per heavy atom. The quantitative estimate of drug-likeness (QED) is 0.274. The van der Waals surface area contributed by atoms with Gasteiger partial charge in [-0.25, -0.2) is 15.0 Å². The van der Waals surface area contributed by atoms with Crippen LogP contribution in [0.4, 0.5) is 11.6 Å². The Morgan fingerprint density at radius 2 is 1.90 bits per heavy atom. The highest BCUT2D eigenvalue weighted by Crippen LogP contribution is 2.35. The Hall–Kier alpha value is -4.44. The first-order valence-electron chi connectivity index (χ1n) is 13.7. The number of hydrogen-bond acceptors (Lipinski definition) is 8. The number of benzene rings is 2. The molecule has 0 aliphatic carbocycles. The van der Waals surface area contributed by atoms with Gasteiger partial charge in [0.25, 0.3) is 0 Å². The molecular formula is C31H33N7O2S. The number of piperidine rings is 1. The van der Waals surface area contributed by atoms with E-state index in [0.29, 0.717) is 25.5 Å². The summed E-state index contributed by atoms with van der Waals surface area (Å²) in [6.45, 7) is 1.42. The minimum atomic E-state index is 0.171. The summed E-state index contributed by atoms with van der Waals surface area (Å²) in [4.78, 5) is 32.2. The summed E-state index contributed by atoms with van der Waals surface area (Å²) in [6, 6.07) is 18.2. The smallest absolute Gasteiger partial charge is 0.226 e. The molecule has 0 spiro atoms. The van der Waals surface area contributed by atoms with E-state index in [1.165, 1.54) is 0 Å². The summed E-state index contributed by atoms with van der Waals surface area (Å²) in [7, 11) is 5.69. The fraction of sp³-hybridized carbons (Fsp3) is 0.290. The summed E-state index contributed by atoms with van der Waals surface area (Å²) in [6.07, 6.45) is 5.91. The summed E-state index contributed by atoms with van der Waals surface area (Å²) in [5.74, 6) is 1.53. The summed E-state index contributed by atoms with van der Waals surface area (Å²) < 4.78 is 7.52. The van der Waals surface area contributed by atoms with Crippen LogP contribution in [-0.2, 0) is 11.2 Å². The van der Waals surface area contributed by atoms with Crippen molar-refractivity contribution in [1.29, 1.82) is 0 Å². The van der Waals surface area contributed by atoms with Crippen molar-refractivity contribution in [3.05, 3.63) is 77.9 Å². The van der Waals surface area contributed by atoms with Gasteiger partial charge in [0.15, 0.2) is 4.96 Å². The van der Waals surface area contributed by atoms with Crippen LogP contribution in [0, 0.1) is 0 Å². The van der Waals surface area contributed by atoms with E-state index in [-0.39, 0.29) is 11.9 Å². The molecule has 1 fully saturated rings. The first-order chi connectivity index (χ1) is 20.0. The van der Waals surface area contributed by atoms with Crippen molar-refractivity contribution in [2.45, 2.75) is 25.3 Å². The lowest BCUT2D eigenvalue weighted by Gasteiger charge is -2.32. The van der Waals surface area contributed by atoms with E-state index in [9.17, 15) is 4.79 Å². The van der Waals surface area contributed by atoms with Crippen LogP contribution in [0.15, 0.2) is 72.4 Å². The fourth-order valence-corrected chi connectivity index (χ4v) is 5.93. The van der Waals surface area contributed by atoms with Gasteiger partial charge in [-0.15, -0.1) is 11.3 Å². The van der Waals surface area contributed by atoms with E-state index in [2.05, 4.69) is 31.7 Å². The van der Waals surface area contributed by atoms with Gasteiger partial charge in [-0.2, -0.15) is 0 Å². The van der Waals surface area contributed by atoms with Crippen molar-refractivity contribution in [2.24, 2.45) is 0 Å². The first kappa shape index (κ1) is 26.8. The number of aromatic nitrogens is 4. The Morgan fingerprint density at radius 1 is 1.10 bits per heavy atom. The second-order valence-corrected chi connectivity index (χ2v) is 11.3. The van der Waals surface area contributed by atoms with E-state index < -0.39 is 0 Å². The van der Waals surface area contributed by atoms with Crippen LogP contribution in [0.25, 0.3) is 27.6 Å². The Labute approximate surface area is 243 Å². The lowest BCUT2D eigenvalue weighted by atomic mass is 10.0. The molecule has 6 rings (SSSR count). The largest absolute Gasteiger partial charge is 0.497 e. The molecule has 210 valence electrons. The molecule has 1 aliphatic heterocycles.